The van der Waals surface area contributed by atoms with Crippen molar-refractivity contribution in [3.05, 3.63) is 0 Å². The Hall–Kier alpha value is 0.690. The van der Waals surface area contributed by atoms with Crippen LogP contribution in [0.15, 0.2) is 0 Å². The number of halogens is 1. The minimum atomic E-state index is 0.562. The van der Waals surface area contributed by atoms with E-state index in [2.05, 4.69) is 22.6 Å². The molecule has 2 aliphatic rings. The second-order valence-electron chi connectivity index (χ2n) is 5.18. The van der Waals surface area contributed by atoms with E-state index in [0.29, 0.717) is 6.10 Å². The van der Waals surface area contributed by atoms with Gasteiger partial charge in [0.05, 0.1) is 6.10 Å². The summed E-state index contributed by atoms with van der Waals surface area (Å²) >= 11 is 2.61. The molecule has 2 saturated carbocycles. The predicted octanol–water partition coefficient (Wildman–Crippen LogP) is 4.33. The average molecular weight is 322 g/mol. The summed E-state index contributed by atoms with van der Waals surface area (Å²) in [7, 11) is 0. The van der Waals surface area contributed by atoms with Crippen LogP contribution in [-0.2, 0) is 4.74 Å². The summed E-state index contributed by atoms with van der Waals surface area (Å²) in [6, 6.07) is 0. The van der Waals surface area contributed by atoms with Gasteiger partial charge in [0.1, 0.15) is 0 Å². The fourth-order valence-corrected chi connectivity index (χ4v) is 3.52. The minimum absolute atomic E-state index is 0.562. The molecule has 0 amide bonds. The molecule has 2 unspecified atom stereocenters. The van der Waals surface area contributed by atoms with E-state index in [9.17, 15) is 0 Å². The highest BCUT2D eigenvalue weighted by atomic mass is 127. The van der Waals surface area contributed by atoms with Crippen molar-refractivity contribution in [2.75, 3.05) is 6.61 Å². The Morgan fingerprint density at radius 3 is 2.27 bits per heavy atom. The zero-order valence-corrected chi connectivity index (χ0v) is 11.7. The Morgan fingerprint density at radius 2 is 1.60 bits per heavy atom. The van der Waals surface area contributed by atoms with Gasteiger partial charge in [0.2, 0.25) is 0 Å². The Labute approximate surface area is 107 Å². The van der Waals surface area contributed by atoms with E-state index in [-0.39, 0.29) is 0 Å². The van der Waals surface area contributed by atoms with Gasteiger partial charge < -0.3 is 4.74 Å². The highest BCUT2D eigenvalue weighted by molar-refractivity contribution is 14.1. The number of rotatable bonds is 3. The lowest BCUT2D eigenvalue weighted by Crippen LogP contribution is -2.29. The molecule has 2 atom stereocenters. The van der Waals surface area contributed by atoms with Crippen molar-refractivity contribution in [1.29, 1.82) is 0 Å². The molecule has 0 aliphatic heterocycles. The van der Waals surface area contributed by atoms with Gasteiger partial charge in [-0.1, -0.05) is 54.7 Å². The lowest BCUT2D eigenvalue weighted by atomic mass is 9.86. The molecule has 88 valence electrons. The molecule has 1 nitrogen and oxygen atoms in total. The molecule has 2 heteroatoms. The first-order chi connectivity index (χ1) is 7.36. The largest absolute Gasteiger partial charge is 0.377 e. The molecule has 15 heavy (non-hydrogen) atoms. The van der Waals surface area contributed by atoms with Gasteiger partial charge in [-0.05, 0) is 31.6 Å². The van der Waals surface area contributed by atoms with Crippen molar-refractivity contribution in [1.82, 2.24) is 0 Å². The van der Waals surface area contributed by atoms with Crippen LogP contribution in [-0.4, -0.2) is 16.6 Å². The summed E-state index contributed by atoms with van der Waals surface area (Å²) in [5.74, 6) is 0.902. The number of hydrogen-bond acceptors (Lipinski definition) is 1. The van der Waals surface area contributed by atoms with E-state index in [0.717, 1.165) is 16.4 Å². The first-order valence-electron chi connectivity index (χ1n) is 6.62. The molecular weight excluding hydrogens is 299 g/mol. The molecule has 0 aromatic heterocycles. The van der Waals surface area contributed by atoms with E-state index in [1.165, 1.54) is 57.8 Å². The van der Waals surface area contributed by atoms with Gasteiger partial charge in [0, 0.05) is 10.5 Å². The zero-order valence-electron chi connectivity index (χ0n) is 9.59. The molecule has 0 saturated heterocycles. The van der Waals surface area contributed by atoms with Gasteiger partial charge >= 0.3 is 0 Å². The monoisotopic (exact) mass is 322 g/mol. The van der Waals surface area contributed by atoms with Gasteiger partial charge in [0.25, 0.3) is 0 Å². The van der Waals surface area contributed by atoms with Crippen LogP contribution < -0.4 is 0 Å². The van der Waals surface area contributed by atoms with E-state index < -0.39 is 0 Å². The molecule has 0 heterocycles. The van der Waals surface area contributed by atoms with Crippen LogP contribution in [0.25, 0.3) is 0 Å². The molecule has 0 aromatic carbocycles. The van der Waals surface area contributed by atoms with Crippen molar-refractivity contribution >= 4 is 22.6 Å². The van der Waals surface area contributed by atoms with Crippen molar-refractivity contribution in [3.63, 3.8) is 0 Å². The minimum Gasteiger partial charge on any atom is -0.377 e. The third-order valence-electron chi connectivity index (χ3n) is 3.89. The zero-order chi connectivity index (χ0) is 10.5. The highest BCUT2D eigenvalue weighted by Crippen LogP contribution is 2.30. The first kappa shape index (κ1) is 12.2. The van der Waals surface area contributed by atoms with Crippen LogP contribution in [0.4, 0.5) is 0 Å². The summed E-state index contributed by atoms with van der Waals surface area (Å²) in [5, 5.41) is 0. The molecule has 0 N–H and O–H groups in total. The van der Waals surface area contributed by atoms with E-state index in [1.54, 1.807) is 0 Å². The molecule has 0 bridgehead atoms. The topological polar surface area (TPSA) is 9.23 Å². The maximum Gasteiger partial charge on any atom is 0.0692 e. The summed E-state index contributed by atoms with van der Waals surface area (Å²) in [5.41, 5.74) is 0. The van der Waals surface area contributed by atoms with Crippen molar-refractivity contribution in [2.24, 2.45) is 5.92 Å². The standard InChI is InChI=1S/C13H23IO/c14-12-8-3-1-2-4-9-13(12)15-10-11-6-5-7-11/h11-13H,1-10H2. The quantitative estimate of drug-likeness (QED) is 0.555. The predicted molar refractivity (Wildman–Crippen MR) is 72.6 cm³/mol. The molecule has 2 rings (SSSR count). The summed E-state index contributed by atoms with van der Waals surface area (Å²) in [4.78, 5) is 0. The number of ether oxygens (including phenoxy) is 1. The van der Waals surface area contributed by atoms with Crippen LogP contribution >= 0.6 is 22.6 Å². The Morgan fingerprint density at radius 1 is 0.867 bits per heavy atom. The van der Waals surface area contributed by atoms with Crippen molar-refractivity contribution in [3.8, 4) is 0 Å². The van der Waals surface area contributed by atoms with Crippen LogP contribution in [0, 0.1) is 5.92 Å². The van der Waals surface area contributed by atoms with Gasteiger partial charge in [-0.3, -0.25) is 0 Å². The Bertz CT molecular complexity index is 179. The summed E-state index contributed by atoms with van der Waals surface area (Å²) in [6.45, 7) is 1.05. The van der Waals surface area contributed by atoms with Gasteiger partial charge in [0.15, 0.2) is 0 Å². The van der Waals surface area contributed by atoms with Crippen LogP contribution in [0.1, 0.15) is 57.8 Å². The molecule has 2 fully saturated rings. The van der Waals surface area contributed by atoms with Gasteiger partial charge in [-0.2, -0.15) is 0 Å². The SMILES string of the molecule is IC1CCCCCCC1OCC1CCC1. The number of alkyl halides is 1. The van der Waals surface area contributed by atoms with Crippen LogP contribution in [0.5, 0.6) is 0 Å². The first-order valence-corrected chi connectivity index (χ1v) is 7.86. The molecule has 0 spiro atoms. The fraction of sp³-hybridized carbons (Fsp3) is 1.00. The highest BCUT2D eigenvalue weighted by Gasteiger charge is 2.24. The molecular formula is C13H23IO. The van der Waals surface area contributed by atoms with Gasteiger partial charge in [-0.25, -0.2) is 0 Å². The lowest BCUT2D eigenvalue weighted by molar-refractivity contribution is 0.00373. The third kappa shape index (κ3) is 3.88. The summed E-state index contributed by atoms with van der Waals surface area (Å²) in [6.07, 6.45) is 13.2. The third-order valence-corrected chi connectivity index (χ3v) is 5.32. The van der Waals surface area contributed by atoms with Crippen molar-refractivity contribution in [2.45, 2.75) is 67.8 Å². The van der Waals surface area contributed by atoms with Crippen molar-refractivity contribution < 1.29 is 4.74 Å². The van der Waals surface area contributed by atoms with Crippen LogP contribution in [0.2, 0.25) is 0 Å². The lowest BCUT2D eigenvalue weighted by Gasteiger charge is -2.30. The Kier molecular flexibility index (Phi) is 5.21. The Balaban J connectivity index is 1.70. The molecule has 0 radical (unpaired) electrons. The van der Waals surface area contributed by atoms with E-state index in [4.69, 9.17) is 4.74 Å². The maximum absolute atomic E-state index is 6.13. The molecule has 0 aromatic rings. The van der Waals surface area contributed by atoms with Crippen LogP contribution in [0.3, 0.4) is 0 Å². The average Bonchev–Trinajstić information content (AvgIpc) is 2.14. The second-order valence-corrected chi connectivity index (χ2v) is 6.78. The van der Waals surface area contributed by atoms with E-state index in [1.807, 2.05) is 0 Å². The normalized spacial score (nSPS) is 34.2. The molecule has 2 aliphatic carbocycles. The smallest absolute Gasteiger partial charge is 0.0692 e. The van der Waals surface area contributed by atoms with Gasteiger partial charge in [-0.15, -0.1) is 0 Å². The second kappa shape index (κ2) is 6.43. The fourth-order valence-electron chi connectivity index (χ4n) is 2.51. The van der Waals surface area contributed by atoms with E-state index >= 15 is 0 Å². The summed E-state index contributed by atoms with van der Waals surface area (Å²) < 4.78 is 6.89. The number of hydrogen-bond donors (Lipinski definition) is 0. The maximum atomic E-state index is 6.13.